The first-order valence-electron chi connectivity index (χ1n) is 6.78. The topological polar surface area (TPSA) is 49.9 Å². The molecule has 0 spiro atoms. The Hall–Kier alpha value is -1.81. The molecule has 1 aromatic heterocycles. The Morgan fingerprint density at radius 3 is 2.84 bits per heavy atom. The van der Waals surface area contributed by atoms with Gasteiger partial charge in [-0.2, -0.15) is 0 Å². The quantitative estimate of drug-likeness (QED) is 0.888. The molecular formula is C15H19N3O. The van der Waals surface area contributed by atoms with Crippen LogP contribution in [0.4, 0.5) is 5.69 Å². The molecule has 1 aromatic carbocycles. The van der Waals surface area contributed by atoms with Crippen molar-refractivity contribution in [3.05, 3.63) is 36.8 Å². The second kappa shape index (κ2) is 5.45. The Kier molecular flexibility index (Phi) is 3.51. The molecule has 2 unspecified atom stereocenters. The molecule has 100 valence electrons. The highest BCUT2D eigenvalue weighted by atomic mass is 16.5. The van der Waals surface area contributed by atoms with Crippen LogP contribution in [0.25, 0.3) is 11.3 Å². The van der Waals surface area contributed by atoms with Crippen LogP contribution >= 0.6 is 0 Å². The molecule has 4 nitrogen and oxygen atoms in total. The van der Waals surface area contributed by atoms with Crippen LogP contribution in [0.1, 0.15) is 19.8 Å². The zero-order chi connectivity index (χ0) is 13.1. The fraction of sp³-hybridized carbons (Fsp3) is 0.400. The van der Waals surface area contributed by atoms with E-state index in [-0.39, 0.29) is 0 Å². The molecule has 0 saturated carbocycles. The lowest BCUT2D eigenvalue weighted by Crippen LogP contribution is -2.32. The summed E-state index contributed by atoms with van der Waals surface area (Å²) in [6, 6.07) is 8.98. The van der Waals surface area contributed by atoms with Crippen LogP contribution in [-0.4, -0.2) is 28.7 Å². The van der Waals surface area contributed by atoms with Crippen LogP contribution in [0, 0.1) is 0 Å². The van der Waals surface area contributed by atoms with Crippen LogP contribution in [0.15, 0.2) is 36.8 Å². The van der Waals surface area contributed by atoms with Gasteiger partial charge in [0, 0.05) is 18.3 Å². The summed E-state index contributed by atoms with van der Waals surface area (Å²) in [4.78, 5) is 7.15. The van der Waals surface area contributed by atoms with Crippen LogP contribution in [0.3, 0.4) is 0 Å². The van der Waals surface area contributed by atoms with Gasteiger partial charge in [0.2, 0.25) is 0 Å². The van der Waals surface area contributed by atoms with Crippen molar-refractivity contribution < 1.29 is 4.74 Å². The standard InChI is InChI=1S/C15H19N3O/c1-11-8-14(6-7-19-11)18-13-4-2-12(3-5-13)15-9-16-10-17-15/h2-5,9-11,14,18H,6-8H2,1H3,(H,16,17). The molecule has 0 aliphatic carbocycles. The molecule has 0 amide bonds. The van der Waals surface area contributed by atoms with Crippen molar-refractivity contribution in [2.75, 3.05) is 11.9 Å². The molecule has 1 fully saturated rings. The van der Waals surface area contributed by atoms with Gasteiger partial charge in [-0.1, -0.05) is 12.1 Å². The van der Waals surface area contributed by atoms with Crippen molar-refractivity contribution in [3.63, 3.8) is 0 Å². The number of nitrogens with one attached hydrogen (secondary N) is 2. The van der Waals surface area contributed by atoms with E-state index in [1.165, 1.54) is 5.69 Å². The highest BCUT2D eigenvalue weighted by Crippen LogP contribution is 2.22. The summed E-state index contributed by atoms with van der Waals surface area (Å²) in [6.45, 7) is 2.99. The van der Waals surface area contributed by atoms with Crippen molar-refractivity contribution in [1.82, 2.24) is 9.97 Å². The number of nitrogens with zero attached hydrogens (tertiary/aromatic N) is 1. The summed E-state index contributed by atoms with van der Waals surface area (Å²) >= 11 is 0. The van der Waals surface area contributed by atoms with Gasteiger partial charge in [-0.15, -0.1) is 0 Å². The lowest BCUT2D eigenvalue weighted by molar-refractivity contribution is 0.0232. The number of hydrogen-bond donors (Lipinski definition) is 2. The molecule has 3 rings (SSSR count). The lowest BCUT2D eigenvalue weighted by atomic mass is 10.0. The molecule has 2 N–H and O–H groups in total. The predicted octanol–water partition coefficient (Wildman–Crippen LogP) is 3.06. The first-order valence-corrected chi connectivity index (χ1v) is 6.78. The summed E-state index contributed by atoms with van der Waals surface area (Å²) in [6.07, 6.45) is 6.04. The van der Waals surface area contributed by atoms with Crippen LogP contribution in [0.2, 0.25) is 0 Å². The summed E-state index contributed by atoms with van der Waals surface area (Å²) < 4.78 is 5.56. The van der Waals surface area contributed by atoms with Crippen molar-refractivity contribution in [2.24, 2.45) is 0 Å². The molecule has 2 aromatic rings. The average Bonchev–Trinajstić information content (AvgIpc) is 2.94. The molecular weight excluding hydrogens is 238 g/mol. The molecule has 1 aliphatic rings. The third-order valence-electron chi connectivity index (χ3n) is 3.55. The molecule has 0 bridgehead atoms. The van der Waals surface area contributed by atoms with Gasteiger partial charge in [0.1, 0.15) is 0 Å². The number of anilines is 1. The van der Waals surface area contributed by atoms with Gasteiger partial charge in [0.05, 0.1) is 24.3 Å². The van der Waals surface area contributed by atoms with E-state index < -0.39 is 0 Å². The van der Waals surface area contributed by atoms with Gasteiger partial charge in [-0.25, -0.2) is 4.98 Å². The van der Waals surface area contributed by atoms with Crippen LogP contribution in [-0.2, 0) is 4.74 Å². The number of H-pyrrole nitrogens is 1. The summed E-state index contributed by atoms with van der Waals surface area (Å²) in [5, 5.41) is 3.58. The van der Waals surface area contributed by atoms with Gasteiger partial charge in [0.15, 0.2) is 0 Å². The van der Waals surface area contributed by atoms with Crippen molar-refractivity contribution in [1.29, 1.82) is 0 Å². The molecule has 2 heterocycles. The van der Waals surface area contributed by atoms with E-state index in [4.69, 9.17) is 4.74 Å². The Balaban J connectivity index is 1.66. The van der Waals surface area contributed by atoms with E-state index in [1.54, 1.807) is 6.33 Å². The highest BCUT2D eigenvalue weighted by molar-refractivity contribution is 5.62. The van der Waals surface area contributed by atoms with Gasteiger partial charge in [-0.05, 0) is 37.5 Å². The third-order valence-corrected chi connectivity index (χ3v) is 3.55. The van der Waals surface area contributed by atoms with E-state index >= 15 is 0 Å². The predicted molar refractivity (Wildman–Crippen MR) is 76.1 cm³/mol. The van der Waals surface area contributed by atoms with Gasteiger partial charge in [0.25, 0.3) is 0 Å². The Morgan fingerprint density at radius 2 is 2.16 bits per heavy atom. The number of benzene rings is 1. The zero-order valence-corrected chi connectivity index (χ0v) is 11.1. The first-order chi connectivity index (χ1) is 9.31. The van der Waals surface area contributed by atoms with E-state index in [0.29, 0.717) is 12.1 Å². The maximum Gasteiger partial charge on any atom is 0.0924 e. The normalized spacial score (nSPS) is 23.2. The zero-order valence-electron chi connectivity index (χ0n) is 11.1. The highest BCUT2D eigenvalue weighted by Gasteiger charge is 2.18. The largest absolute Gasteiger partial charge is 0.382 e. The van der Waals surface area contributed by atoms with Crippen molar-refractivity contribution >= 4 is 5.69 Å². The van der Waals surface area contributed by atoms with E-state index in [2.05, 4.69) is 46.5 Å². The minimum absolute atomic E-state index is 0.357. The maximum absolute atomic E-state index is 5.56. The molecule has 19 heavy (non-hydrogen) atoms. The number of aromatic nitrogens is 2. The van der Waals surface area contributed by atoms with Gasteiger partial charge >= 0.3 is 0 Å². The van der Waals surface area contributed by atoms with E-state index in [1.807, 2.05) is 6.20 Å². The smallest absolute Gasteiger partial charge is 0.0924 e. The van der Waals surface area contributed by atoms with E-state index in [0.717, 1.165) is 30.7 Å². The third kappa shape index (κ3) is 2.96. The second-order valence-corrected chi connectivity index (χ2v) is 5.09. The Bertz CT molecular complexity index is 507. The van der Waals surface area contributed by atoms with Crippen LogP contribution in [0.5, 0.6) is 0 Å². The molecule has 0 radical (unpaired) electrons. The number of ether oxygens (including phenoxy) is 1. The lowest BCUT2D eigenvalue weighted by Gasteiger charge is -2.28. The SMILES string of the molecule is CC1CC(Nc2ccc(-c3cnc[nH]3)cc2)CCO1. The minimum atomic E-state index is 0.357. The van der Waals surface area contributed by atoms with Gasteiger partial charge in [-0.3, -0.25) is 0 Å². The summed E-state index contributed by atoms with van der Waals surface area (Å²) in [5.74, 6) is 0. The number of hydrogen-bond acceptors (Lipinski definition) is 3. The monoisotopic (exact) mass is 257 g/mol. The average molecular weight is 257 g/mol. The minimum Gasteiger partial charge on any atom is -0.382 e. The number of imidazole rings is 1. The number of aromatic amines is 1. The van der Waals surface area contributed by atoms with Crippen molar-refractivity contribution in [3.8, 4) is 11.3 Å². The fourth-order valence-electron chi connectivity index (χ4n) is 2.52. The van der Waals surface area contributed by atoms with E-state index in [9.17, 15) is 0 Å². The molecule has 4 heteroatoms. The second-order valence-electron chi connectivity index (χ2n) is 5.09. The van der Waals surface area contributed by atoms with Gasteiger partial charge < -0.3 is 15.0 Å². The van der Waals surface area contributed by atoms with Crippen LogP contribution < -0.4 is 5.32 Å². The van der Waals surface area contributed by atoms with Crippen molar-refractivity contribution in [2.45, 2.75) is 31.9 Å². The summed E-state index contributed by atoms with van der Waals surface area (Å²) in [7, 11) is 0. The Morgan fingerprint density at radius 1 is 1.32 bits per heavy atom. The molecule has 1 aliphatic heterocycles. The molecule has 2 atom stereocenters. The molecule has 1 saturated heterocycles. The maximum atomic E-state index is 5.56. The fourth-order valence-corrected chi connectivity index (χ4v) is 2.52. The number of rotatable bonds is 3. The first kappa shape index (κ1) is 12.2. The Labute approximate surface area is 113 Å². The summed E-state index contributed by atoms with van der Waals surface area (Å²) in [5.41, 5.74) is 3.37.